The second-order valence-electron chi connectivity index (χ2n) is 7.02. The first-order valence-corrected chi connectivity index (χ1v) is 11.8. The summed E-state index contributed by atoms with van der Waals surface area (Å²) in [6.45, 7) is 3.80. The lowest BCUT2D eigenvalue weighted by Gasteiger charge is -2.31. The normalized spacial score (nSPS) is 14.6. The first kappa shape index (κ1) is 23.1. The van der Waals surface area contributed by atoms with Crippen LogP contribution in [0.15, 0.2) is 41.6 Å². The van der Waals surface area contributed by atoms with Crippen molar-refractivity contribution in [2.24, 2.45) is 0 Å². The summed E-state index contributed by atoms with van der Waals surface area (Å²) in [5, 5.41) is 9.54. The Labute approximate surface area is 201 Å². The molecule has 1 aromatic heterocycles. The molecule has 0 bridgehead atoms. The Bertz CT molecular complexity index is 1190. The average molecular weight is 487 g/mol. The first-order valence-electron chi connectivity index (χ1n) is 10.4. The minimum atomic E-state index is -0.932. The van der Waals surface area contributed by atoms with E-state index in [1.807, 2.05) is 31.2 Å². The van der Waals surface area contributed by atoms with Gasteiger partial charge in [-0.1, -0.05) is 55.4 Å². The molecule has 2 heterocycles. The smallest absolute Gasteiger partial charge is 0.247 e. The third kappa shape index (κ3) is 4.30. The number of halogens is 1. The Kier molecular flexibility index (Phi) is 6.90. The van der Waals surface area contributed by atoms with Gasteiger partial charge in [-0.3, -0.25) is 9.69 Å². The molecule has 0 spiro atoms. The monoisotopic (exact) mass is 486 g/mol. The summed E-state index contributed by atoms with van der Waals surface area (Å²) in [6.07, 6.45) is -0.681. The van der Waals surface area contributed by atoms with Crippen molar-refractivity contribution < 1.29 is 19.0 Å². The lowest BCUT2D eigenvalue weighted by molar-refractivity contribution is -0.120. The predicted octanol–water partition coefficient (Wildman–Crippen LogP) is 5.16. The van der Waals surface area contributed by atoms with Gasteiger partial charge in [0.2, 0.25) is 23.2 Å². The SMILES string of the molecule is CCSc1nnc2c(n1)OC(c1cc(Cl)cc(OC)c1OC)N(C(=O)CC)c1ccccc1-2. The van der Waals surface area contributed by atoms with E-state index in [0.717, 1.165) is 5.75 Å². The van der Waals surface area contributed by atoms with Gasteiger partial charge in [-0.15, -0.1) is 10.2 Å². The van der Waals surface area contributed by atoms with Crippen molar-refractivity contribution in [2.45, 2.75) is 31.7 Å². The summed E-state index contributed by atoms with van der Waals surface area (Å²) < 4.78 is 17.6. The highest BCUT2D eigenvalue weighted by Gasteiger charge is 2.37. The van der Waals surface area contributed by atoms with Crippen LogP contribution in [0.5, 0.6) is 17.4 Å². The molecule has 0 radical (unpaired) electrons. The Hall–Kier alpha value is -3.04. The number of hydrogen-bond donors (Lipinski definition) is 0. The van der Waals surface area contributed by atoms with Crippen molar-refractivity contribution in [3.05, 3.63) is 47.0 Å². The summed E-state index contributed by atoms with van der Waals surface area (Å²) in [7, 11) is 3.05. The molecule has 0 fully saturated rings. The van der Waals surface area contributed by atoms with Gasteiger partial charge in [0, 0.05) is 23.1 Å². The third-order valence-electron chi connectivity index (χ3n) is 5.09. The number of amides is 1. The minimum absolute atomic E-state index is 0.155. The molecule has 10 heteroatoms. The Morgan fingerprint density at radius 3 is 2.67 bits per heavy atom. The molecule has 3 aromatic rings. The number of nitrogens with zero attached hydrogens (tertiary/aromatic N) is 4. The Morgan fingerprint density at radius 1 is 1.18 bits per heavy atom. The van der Waals surface area contributed by atoms with E-state index in [0.29, 0.717) is 44.2 Å². The fourth-order valence-corrected chi connectivity index (χ4v) is 4.41. The summed E-state index contributed by atoms with van der Waals surface area (Å²) in [6, 6.07) is 10.8. The number of carbonyl (C=O) groups excluding carboxylic acids is 1. The van der Waals surface area contributed by atoms with Crippen LogP contribution in [0, 0.1) is 0 Å². The Morgan fingerprint density at radius 2 is 1.97 bits per heavy atom. The van der Waals surface area contributed by atoms with Crippen LogP contribution in [0.25, 0.3) is 11.3 Å². The van der Waals surface area contributed by atoms with Crippen LogP contribution in [0.4, 0.5) is 5.69 Å². The maximum Gasteiger partial charge on any atom is 0.247 e. The molecule has 1 aliphatic heterocycles. The number of rotatable bonds is 6. The summed E-state index contributed by atoms with van der Waals surface area (Å²) >= 11 is 7.86. The largest absolute Gasteiger partial charge is 0.493 e. The molecule has 33 heavy (non-hydrogen) atoms. The van der Waals surface area contributed by atoms with E-state index in [4.69, 9.17) is 25.8 Å². The maximum atomic E-state index is 13.3. The van der Waals surface area contributed by atoms with Crippen molar-refractivity contribution in [3.8, 4) is 28.6 Å². The lowest BCUT2D eigenvalue weighted by atomic mass is 10.1. The molecule has 1 atom stereocenters. The molecule has 2 aromatic carbocycles. The first-order chi connectivity index (χ1) is 16.0. The molecule has 0 saturated carbocycles. The van der Waals surface area contributed by atoms with Crippen molar-refractivity contribution in [2.75, 3.05) is 24.9 Å². The zero-order valence-corrected chi connectivity index (χ0v) is 20.2. The molecule has 1 unspecified atom stereocenters. The molecule has 1 amide bonds. The second kappa shape index (κ2) is 9.84. The van der Waals surface area contributed by atoms with Crippen LogP contribution in [0.1, 0.15) is 32.1 Å². The van der Waals surface area contributed by atoms with E-state index in [1.54, 1.807) is 24.0 Å². The van der Waals surface area contributed by atoms with E-state index in [9.17, 15) is 4.79 Å². The summed E-state index contributed by atoms with van der Waals surface area (Å²) in [5.41, 5.74) is 2.30. The predicted molar refractivity (Wildman–Crippen MR) is 127 cm³/mol. The molecular formula is C23H23ClN4O4S. The van der Waals surface area contributed by atoms with Crippen molar-refractivity contribution in [1.29, 1.82) is 0 Å². The maximum absolute atomic E-state index is 13.3. The highest BCUT2D eigenvalue weighted by atomic mass is 35.5. The number of para-hydroxylation sites is 1. The van der Waals surface area contributed by atoms with E-state index < -0.39 is 6.23 Å². The van der Waals surface area contributed by atoms with Crippen LogP contribution in [0.3, 0.4) is 0 Å². The highest BCUT2D eigenvalue weighted by Crippen LogP contribution is 2.47. The van der Waals surface area contributed by atoms with Crippen LogP contribution < -0.4 is 19.1 Å². The van der Waals surface area contributed by atoms with E-state index >= 15 is 0 Å². The average Bonchev–Trinajstić information content (AvgIpc) is 2.97. The van der Waals surface area contributed by atoms with Crippen molar-refractivity contribution in [1.82, 2.24) is 15.2 Å². The van der Waals surface area contributed by atoms with Gasteiger partial charge in [-0.25, -0.2) is 0 Å². The number of hydrogen-bond acceptors (Lipinski definition) is 8. The number of anilines is 1. The second-order valence-corrected chi connectivity index (χ2v) is 8.68. The van der Waals surface area contributed by atoms with Gasteiger partial charge in [-0.05, 0) is 17.9 Å². The zero-order valence-electron chi connectivity index (χ0n) is 18.7. The van der Waals surface area contributed by atoms with Crippen molar-refractivity contribution in [3.63, 3.8) is 0 Å². The van der Waals surface area contributed by atoms with Crippen LogP contribution in [0.2, 0.25) is 5.02 Å². The molecule has 0 saturated heterocycles. The van der Waals surface area contributed by atoms with Crippen LogP contribution in [-0.2, 0) is 4.79 Å². The number of methoxy groups -OCH3 is 2. The molecule has 4 rings (SSSR count). The van der Waals surface area contributed by atoms with E-state index in [2.05, 4.69) is 15.2 Å². The van der Waals surface area contributed by atoms with E-state index in [-0.39, 0.29) is 18.2 Å². The topological polar surface area (TPSA) is 86.7 Å². The van der Waals surface area contributed by atoms with Gasteiger partial charge in [0.1, 0.15) is 0 Å². The van der Waals surface area contributed by atoms with Crippen LogP contribution >= 0.6 is 23.4 Å². The number of carbonyl (C=O) groups is 1. The molecule has 0 aliphatic carbocycles. The van der Waals surface area contributed by atoms with Gasteiger partial charge in [0.15, 0.2) is 17.2 Å². The van der Waals surface area contributed by atoms with Gasteiger partial charge >= 0.3 is 0 Å². The van der Waals surface area contributed by atoms with Gasteiger partial charge < -0.3 is 14.2 Å². The summed E-state index contributed by atoms with van der Waals surface area (Å²) in [4.78, 5) is 19.5. The molecule has 172 valence electrons. The molecule has 0 N–H and O–H groups in total. The van der Waals surface area contributed by atoms with Crippen LogP contribution in [-0.4, -0.2) is 41.1 Å². The molecule has 1 aliphatic rings. The lowest BCUT2D eigenvalue weighted by Crippen LogP contribution is -2.37. The summed E-state index contributed by atoms with van der Waals surface area (Å²) in [5.74, 6) is 1.73. The standard InChI is InChI=1S/C23H23ClN4O4S/c1-5-18(29)28-16-10-8-7-9-14(16)19-21(25-23(27-26-19)33-6-2)32-22(28)15-11-13(24)12-17(30-3)20(15)31-4/h7-12,22H,5-6H2,1-4H3. The Balaban J connectivity index is 2.02. The molecular weight excluding hydrogens is 464 g/mol. The number of fused-ring (bicyclic) bond motifs is 3. The van der Waals surface area contributed by atoms with Gasteiger partial charge in [0.25, 0.3) is 0 Å². The number of benzene rings is 2. The van der Waals surface area contributed by atoms with Gasteiger partial charge in [0.05, 0.1) is 25.5 Å². The minimum Gasteiger partial charge on any atom is -0.493 e. The quantitative estimate of drug-likeness (QED) is 0.442. The number of ether oxygens (including phenoxy) is 3. The molecule has 8 nitrogen and oxygen atoms in total. The number of thioether (sulfide) groups is 1. The number of aromatic nitrogens is 3. The highest BCUT2D eigenvalue weighted by molar-refractivity contribution is 7.99. The van der Waals surface area contributed by atoms with Crippen molar-refractivity contribution >= 4 is 35.0 Å². The van der Waals surface area contributed by atoms with Gasteiger partial charge in [-0.2, -0.15) is 4.98 Å². The third-order valence-corrected chi connectivity index (χ3v) is 6.03. The fraction of sp³-hybridized carbons (Fsp3) is 0.304. The fourth-order valence-electron chi connectivity index (χ4n) is 3.69. The zero-order chi connectivity index (χ0) is 23.5. The van der Waals surface area contributed by atoms with E-state index in [1.165, 1.54) is 26.0 Å².